The molecule has 33 heteroatoms. The van der Waals surface area contributed by atoms with Gasteiger partial charge in [-0.3, -0.25) is 0 Å². The highest BCUT2D eigenvalue weighted by Gasteiger charge is 2.54. The average molecular weight is 1060 g/mol. The molecule has 0 saturated carbocycles. The molecule has 7 aliphatic rings. The van der Waals surface area contributed by atoms with Crippen molar-refractivity contribution in [2.45, 2.75) is 197 Å². The first-order chi connectivity index (χ1) is 34.0. The SMILES string of the molecule is OC[C@H]1O[C@H](O)[C@H](O)[C@@H](O)[C@@H]1O[C@@H]1O[C@H](CO[C@H]2OC[C@@H](O[C@@H]3O[C@H](CO[C@H]4OC[C@@H](O[C@@H]5O[C@H](CO[C@H]6OC[C@@H](O)[C@H](O)[C@H]6O)[C@@H](O)[C@H](O)[C@H]5O)[C@H](O)[C@H]4O)[C@@H](O)[C@H](O)[C@H]3O)[C@H](O)[C@H]2O)[C@@H](O)[C@H](O)[C@H]1O. The van der Waals surface area contributed by atoms with Crippen LogP contribution < -0.4 is 0 Å². The molecular weight excluding hydrogens is 996 g/mol. The first kappa shape index (κ1) is 58.4. The monoisotopic (exact) mass is 1060 g/mol. The number of aliphatic hydroxyl groups excluding tert-OH is 20. The van der Waals surface area contributed by atoms with E-state index in [4.69, 9.17) is 61.6 Å². The fraction of sp³-hybridized carbons (Fsp3) is 1.00. The summed E-state index contributed by atoms with van der Waals surface area (Å²) in [5, 5.41) is 209. The van der Waals surface area contributed by atoms with Crippen molar-refractivity contribution < 1.29 is 164 Å². The fourth-order valence-electron chi connectivity index (χ4n) is 8.80. The van der Waals surface area contributed by atoms with E-state index in [1.54, 1.807) is 0 Å². The number of ether oxygens (including phenoxy) is 13. The van der Waals surface area contributed by atoms with E-state index >= 15 is 0 Å². The van der Waals surface area contributed by atoms with Gasteiger partial charge in [0.25, 0.3) is 0 Å². The summed E-state index contributed by atoms with van der Waals surface area (Å²) in [7, 11) is 0. The number of rotatable bonds is 16. The molecule has 0 aromatic carbocycles. The molecule has 20 N–H and O–H groups in total. The summed E-state index contributed by atoms with van der Waals surface area (Å²) in [6.07, 6.45) is -56.5. The van der Waals surface area contributed by atoms with E-state index in [2.05, 4.69) is 0 Å². The largest absolute Gasteiger partial charge is 0.394 e. The Kier molecular flexibility index (Phi) is 20.3. The standard InChI is InChI=1S/C39H66O33/c40-1-9-32(24(51)25(52)33(59)66-9)72-39-31(58)23(50)18(45)12(71-39)5-63-36-28(55)20(47)14(7-65-36)70-38-30(57)22(49)17(44)11(68-38)4-62-35-27(54)19(46)13(6-64-35)69-37-29(56)21(48)16(43)10(67-37)3-61-34-26(53)15(42)8(41)2-60-34/h8-59H,1-7H2/t8-,9-,10-,11-,12-,13-,14-,15+,16-,17-,18-,19+,20+,21+,22+,23+,24-,25-,26-,27-,28-,29-,30-,31-,32-,33+,34-,35+,36+,37+,38+,39+/m1/s1. The molecule has 0 unspecified atom stereocenters. The number of hydrogen-bond acceptors (Lipinski definition) is 33. The lowest BCUT2D eigenvalue weighted by Gasteiger charge is -2.46. The zero-order valence-electron chi connectivity index (χ0n) is 37.7. The smallest absolute Gasteiger partial charge is 0.187 e. The van der Waals surface area contributed by atoms with Gasteiger partial charge in [-0.1, -0.05) is 0 Å². The number of aliphatic hydroxyl groups is 20. The molecule has 0 bridgehead atoms. The van der Waals surface area contributed by atoms with Crippen LogP contribution in [0.5, 0.6) is 0 Å². The van der Waals surface area contributed by atoms with Gasteiger partial charge in [0.2, 0.25) is 0 Å². The van der Waals surface area contributed by atoms with Crippen LogP contribution in [0.1, 0.15) is 0 Å². The first-order valence-electron chi connectivity index (χ1n) is 22.9. The summed E-state index contributed by atoms with van der Waals surface area (Å²) in [5.74, 6) is 0. The van der Waals surface area contributed by atoms with Crippen molar-refractivity contribution in [3.63, 3.8) is 0 Å². The van der Waals surface area contributed by atoms with Gasteiger partial charge < -0.3 is 164 Å². The van der Waals surface area contributed by atoms with E-state index in [0.29, 0.717) is 0 Å². The minimum atomic E-state index is -1.99. The summed E-state index contributed by atoms with van der Waals surface area (Å²) < 4.78 is 71.0. The maximum atomic E-state index is 11.0. The van der Waals surface area contributed by atoms with Gasteiger partial charge in [0.05, 0.1) is 46.2 Å². The second kappa shape index (κ2) is 25.0. The van der Waals surface area contributed by atoms with Crippen LogP contribution in [0, 0.1) is 0 Å². The molecule has 420 valence electrons. The van der Waals surface area contributed by atoms with E-state index in [1.807, 2.05) is 0 Å². The highest BCUT2D eigenvalue weighted by Crippen LogP contribution is 2.33. The molecule has 7 aliphatic heterocycles. The molecule has 7 fully saturated rings. The van der Waals surface area contributed by atoms with E-state index in [1.165, 1.54) is 0 Å². The van der Waals surface area contributed by atoms with Crippen LogP contribution in [-0.4, -0.2) is 345 Å². The molecule has 32 atom stereocenters. The zero-order valence-corrected chi connectivity index (χ0v) is 37.7. The minimum absolute atomic E-state index is 0.404. The van der Waals surface area contributed by atoms with Gasteiger partial charge in [-0.15, -0.1) is 0 Å². The van der Waals surface area contributed by atoms with Gasteiger partial charge in [-0.05, 0) is 0 Å². The summed E-state index contributed by atoms with van der Waals surface area (Å²) in [5.41, 5.74) is 0. The second-order valence-electron chi connectivity index (χ2n) is 18.3. The van der Waals surface area contributed by atoms with Crippen molar-refractivity contribution in [2.24, 2.45) is 0 Å². The predicted molar refractivity (Wildman–Crippen MR) is 214 cm³/mol. The molecule has 7 heterocycles. The lowest BCUT2D eigenvalue weighted by molar-refractivity contribution is -0.366. The third-order valence-corrected chi connectivity index (χ3v) is 13.4. The lowest BCUT2D eigenvalue weighted by atomic mass is 9.97. The molecule has 7 rings (SSSR count). The van der Waals surface area contributed by atoms with E-state index in [9.17, 15) is 102 Å². The normalized spacial score (nSPS) is 53.8. The molecular formula is C39H66O33. The van der Waals surface area contributed by atoms with Gasteiger partial charge in [0.15, 0.2) is 44.0 Å². The molecule has 0 aromatic rings. The molecule has 0 spiro atoms. The number of hydrogen-bond donors (Lipinski definition) is 20. The maximum absolute atomic E-state index is 11.0. The Bertz CT molecular complexity index is 1660. The Morgan fingerprint density at radius 3 is 1.04 bits per heavy atom. The van der Waals surface area contributed by atoms with Gasteiger partial charge >= 0.3 is 0 Å². The van der Waals surface area contributed by atoms with Crippen molar-refractivity contribution in [1.29, 1.82) is 0 Å². The fourth-order valence-corrected chi connectivity index (χ4v) is 8.80. The summed E-state index contributed by atoms with van der Waals surface area (Å²) in [4.78, 5) is 0. The van der Waals surface area contributed by atoms with Crippen LogP contribution in [0.2, 0.25) is 0 Å². The summed E-state index contributed by atoms with van der Waals surface area (Å²) in [6, 6.07) is 0. The van der Waals surface area contributed by atoms with Crippen molar-refractivity contribution in [3.8, 4) is 0 Å². The summed E-state index contributed by atoms with van der Waals surface area (Å²) in [6.45, 7) is -4.49. The molecule has 7 saturated heterocycles. The van der Waals surface area contributed by atoms with Gasteiger partial charge in [0.1, 0.15) is 153 Å². The van der Waals surface area contributed by atoms with Crippen molar-refractivity contribution in [1.82, 2.24) is 0 Å². The average Bonchev–Trinajstić information content (AvgIpc) is 3.36. The Labute approximate surface area is 406 Å². The van der Waals surface area contributed by atoms with Gasteiger partial charge in [0, 0.05) is 0 Å². The minimum Gasteiger partial charge on any atom is -0.394 e. The Morgan fingerprint density at radius 2 is 0.653 bits per heavy atom. The third kappa shape index (κ3) is 12.5. The quantitative estimate of drug-likeness (QED) is 0.0682. The van der Waals surface area contributed by atoms with E-state index in [0.717, 1.165) is 0 Å². The molecule has 0 aromatic heterocycles. The Balaban J connectivity index is 0.872. The van der Waals surface area contributed by atoms with Crippen LogP contribution >= 0.6 is 0 Å². The molecule has 72 heavy (non-hydrogen) atoms. The molecule has 33 nitrogen and oxygen atoms in total. The van der Waals surface area contributed by atoms with Crippen LogP contribution in [-0.2, 0) is 61.6 Å². The highest BCUT2D eigenvalue weighted by molar-refractivity contribution is 4.97. The zero-order chi connectivity index (χ0) is 52.6. The van der Waals surface area contributed by atoms with Crippen LogP contribution in [0.3, 0.4) is 0 Å². The topological polar surface area (TPSA) is 525 Å². The Hall–Kier alpha value is -1.32. The van der Waals surface area contributed by atoms with Crippen LogP contribution in [0.4, 0.5) is 0 Å². The van der Waals surface area contributed by atoms with Crippen molar-refractivity contribution in [3.05, 3.63) is 0 Å². The van der Waals surface area contributed by atoms with E-state index < -0.39 is 243 Å². The van der Waals surface area contributed by atoms with Crippen molar-refractivity contribution in [2.75, 3.05) is 46.2 Å². The summed E-state index contributed by atoms with van der Waals surface area (Å²) >= 11 is 0. The third-order valence-electron chi connectivity index (χ3n) is 13.4. The lowest BCUT2D eigenvalue weighted by Crippen LogP contribution is -2.65. The van der Waals surface area contributed by atoms with Gasteiger partial charge in [-0.2, -0.15) is 0 Å². The van der Waals surface area contributed by atoms with E-state index in [-0.39, 0.29) is 0 Å². The molecule has 0 radical (unpaired) electrons. The second-order valence-corrected chi connectivity index (χ2v) is 18.3. The predicted octanol–water partition coefficient (Wildman–Crippen LogP) is -14.4. The maximum Gasteiger partial charge on any atom is 0.187 e. The Morgan fingerprint density at radius 1 is 0.306 bits per heavy atom. The van der Waals surface area contributed by atoms with Crippen molar-refractivity contribution >= 4 is 0 Å². The molecule has 0 aliphatic carbocycles. The molecule has 0 amide bonds. The van der Waals surface area contributed by atoms with Crippen LogP contribution in [0.15, 0.2) is 0 Å². The van der Waals surface area contributed by atoms with Crippen LogP contribution in [0.25, 0.3) is 0 Å². The van der Waals surface area contributed by atoms with Gasteiger partial charge in [-0.25, -0.2) is 0 Å². The highest BCUT2D eigenvalue weighted by atomic mass is 16.8. The first-order valence-corrected chi connectivity index (χ1v) is 22.9.